The molecule has 102 valence electrons. The molecule has 2 nitrogen and oxygen atoms in total. The van der Waals surface area contributed by atoms with E-state index in [1.807, 2.05) is 26.0 Å². The lowest BCUT2D eigenvalue weighted by atomic mass is 10.2. The first-order valence-electron chi connectivity index (χ1n) is 5.33. The normalized spacial score (nSPS) is 10.1. The molecule has 0 aromatic rings. The van der Waals surface area contributed by atoms with Crippen molar-refractivity contribution in [3.05, 3.63) is 0 Å². The Bertz CT molecular complexity index is 113. The van der Waals surface area contributed by atoms with Gasteiger partial charge in [-0.25, -0.2) is 0 Å². The minimum atomic E-state index is -6.00. The maximum absolute atomic E-state index is 9.75. The minimum absolute atomic E-state index is 0. The summed E-state index contributed by atoms with van der Waals surface area (Å²) in [5, 5.41) is 0. The number of nitrogens with zero attached hydrogens (tertiary/aromatic N) is 1. The van der Waals surface area contributed by atoms with Crippen molar-refractivity contribution in [3.63, 3.8) is 0 Å². The van der Waals surface area contributed by atoms with Gasteiger partial charge in [0.25, 0.3) is 0 Å². The summed E-state index contributed by atoms with van der Waals surface area (Å²) in [5.41, 5.74) is 5.27. The van der Waals surface area contributed by atoms with Crippen molar-refractivity contribution in [1.29, 1.82) is 0 Å². The van der Waals surface area contributed by atoms with Gasteiger partial charge in [-0.1, -0.05) is 26.2 Å². The molecule has 0 saturated carbocycles. The highest BCUT2D eigenvalue weighted by atomic mass is 19.5. The quantitative estimate of drug-likeness (QED) is 0.470. The lowest BCUT2D eigenvalue weighted by molar-refractivity contribution is 0.368. The van der Waals surface area contributed by atoms with Gasteiger partial charge in [-0.3, -0.25) is 0 Å². The number of nitrogens with two attached hydrogens (primary N) is 1. The van der Waals surface area contributed by atoms with Gasteiger partial charge in [0.2, 0.25) is 0 Å². The largest absolute Gasteiger partial charge is 1.00 e. The highest BCUT2D eigenvalue weighted by molar-refractivity contribution is 6.50. The molecule has 0 aliphatic rings. The van der Waals surface area contributed by atoms with E-state index in [0.717, 1.165) is 6.54 Å². The topological polar surface area (TPSA) is 29.3 Å². The van der Waals surface area contributed by atoms with Gasteiger partial charge < -0.3 is 27.9 Å². The van der Waals surface area contributed by atoms with Gasteiger partial charge in [-0.2, -0.15) is 0 Å². The predicted octanol–water partition coefficient (Wildman–Crippen LogP) is 3.12. The van der Waals surface area contributed by atoms with Crippen molar-refractivity contribution >= 4 is 7.25 Å². The summed E-state index contributed by atoms with van der Waals surface area (Å²) in [6.45, 7) is 3.07. The first kappa shape index (κ1) is 21.0. The summed E-state index contributed by atoms with van der Waals surface area (Å²) in [7, 11) is 0. The molecule has 0 aliphatic heterocycles. The van der Waals surface area contributed by atoms with Crippen LogP contribution in [0.3, 0.4) is 0 Å². The third-order valence-corrected chi connectivity index (χ3v) is 1.06. The fraction of sp³-hybridized carbons (Fsp3) is 1.00. The van der Waals surface area contributed by atoms with Gasteiger partial charge in [0, 0.05) is 0 Å². The summed E-state index contributed by atoms with van der Waals surface area (Å²) < 4.78 is 39.0. The van der Waals surface area contributed by atoms with E-state index in [0.29, 0.717) is 0 Å². The van der Waals surface area contributed by atoms with Crippen molar-refractivity contribution in [2.75, 3.05) is 27.7 Å². The molecular weight excluding hydrogens is 223 g/mol. The molecule has 0 radical (unpaired) electrons. The Hall–Kier alpha value is -0.295. The van der Waals surface area contributed by atoms with Crippen molar-refractivity contribution in [1.82, 2.24) is 4.90 Å². The molecular formula is C9H25BF4N2. The van der Waals surface area contributed by atoms with Gasteiger partial charge in [0.1, 0.15) is 0 Å². The minimum Gasteiger partial charge on any atom is -0.418 e. The predicted molar refractivity (Wildman–Crippen MR) is 64.1 cm³/mol. The standard InChI is InChI=1S/C6H15N.C3H9N.BF4/c1-2-3-4-5-6-7;1-4(2)3;2-1(3,4)5/h2-7H2,1H3;1-3H3;/q;;-1/p+1. The van der Waals surface area contributed by atoms with Gasteiger partial charge in [0.15, 0.2) is 0 Å². The molecule has 0 saturated heterocycles. The fourth-order valence-corrected chi connectivity index (χ4v) is 0.571. The van der Waals surface area contributed by atoms with E-state index in [4.69, 9.17) is 5.73 Å². The van der Waals surface area contributed by atoms with Crippen LogP contribution in [0.5, 0.6) is 0 Å². The lowest BCUT2D eigenvalue weighted by Gasteiger charge is -1.94. The average molecular weight is 248 g/mol. The zero-order valence-electron chi connectivity index (χ0n) is 11.6. The second-order valence-electron chi connectivity index (χ2n) is 3.69. The SMILES string of the molecule is CCCCCCN.CN(C)C.F[B-](F)(F)F.[H+]. The zero-order chi connectivity index (χ0) is 13.6. The summed E-state index contributed by atoms with van der Waals surface area (Å²) in [5.74, 6) is 0. The highest BCUT2D eigenvalue weighted by Crippen LogP contribution is 2.06. The van der Waals surface area contributed by atoms with Crippen molar-refractivity contribution in [2.45, 2.75) is 32.6 Å². The monoisotopic (exact) mass is 248 g/mol. The molecule has 0 unspecified atom stereocenters. The Morgan fingerprint density at radius 3 is 1.50 bits per heavy atom. The number of halogens is 4. The molecule has 0 aromatic carbocycles. The molecule has 0 fully saturated rings. The van der Waals surface area contributed by atoms with Crippen LogP contribution in [0.15, 0.2) is 0 Å². The Morgan fingerprint density at radius 2 is 1.31 bits per heavy atom. The lowest BCUT2D eigenvalue weighted by Crippen LogP contribution is -2.02. The summed E-state index contributed by atoms with van der Waals surface area (Å²) in [6, 6.07) is 0. The molecule has 2 N–H and O–H groups in total. The van der Waals surface area contributed by atoms with Crippen LogP contribution < -0.4 is 5.73 Å². The van der Waals surface area contributed by atoms with Crippen molar-refractivity contribution < 1.29 is 18.7 Å². The van der Waals surface area contributed by atoms with Crippen molar-refractivity contribution in [3.8, 4) is 0 Å². The van der Waals surface area contributed by atoms with E-state index in [1.165, 1.54) is 25.7 Å². The van der Waals surface area contributed by atoms with Crippen LogP contribution in [0, 0.1) is 0 Å². The van der Waals surface area contributed by atoms with E-state index in [9.17, 15) is 17.3 Å². The highest BCUT2D eigenvalue weighted by Gasteiger charge is 2.20. The number of unbranched alkanes of at least 4 members (excludes halogenated alkanes) is 3. The van der Waals surface area contributed by atoms with Crippen LogP contribution in [0.4, 0.5) is 17.3 Å². The summed E-state index contributed by atoms with van der Waals surface area (Å²) in [6.07, 6.45) is 5.16. The van der Waals surface area contributed by atoms with Crippen LogP contribution >= 0.6 is 0 Å². The van der Waals surface area contributed by atoms with E-state index in [1.54, 1.807) is 0 Å². The number of hydrogen-bond donors (Lipinski definition) is 1. The summed E-state index contributed by atoms with van der Waals surface area (Å²) in [4.78, 5) is 2.00. The second-order valence-corrected chi connectivity index (χ2v) is 3.69. The maximum atomic E-state index is 9.75. The smallest absolute Gasteiger partial charge is 0.418 e. The van der Waals surface area contributed by atoms with Gasteiger partial charge >= 0.3 is 8.68 Å². The van der Waals surface area contributed by atoms with Crippen molar-refractivity contribution in [2.24, 2.45) is 5.73 Å². The number of hydrogen-bond acceptors (Lipinski definition) is 2. The molecule has 0 amide bonds. The van der Waals surface area contributed by atoms with Crippen LogP contribution in [-0.4, -0.2) is 39.8 Å². The Morgan fingerprint density at radius 1 is 1.00 bits per heavy atom. The molecule has 0 atom stereocenters. The summed E-state index contributed by atoms with van der Waals surface area (Å²) >= 11 is 0. The second kappa shape index (κ2) is 14.7. The average Bonchev–Trinajstić information content (AvgIpc) is 2.01. The van der Waals surface area contributed by atoms with E-state index >= 15 is 0 Å². The Kier molecular flexibility index (Phi) is 19.3. The first-order valence-corrected chi connectivity index (χ1v) is 5.33. The fourth-order valence-electron chi connectivity index (χ4n) is 0.571. The molecule has 0 aliphatic carbocycles. The van der Waals surface area contributed by atoms with Gasteiger partial charge in [0.05, 0.1) is 0 Å². The van der Waals surface area contributed by atoms with Crippen LogP contribution in [0.1, 0.15) is 34.0 Å². The van der Waals surface area contributed by atoms with Crippen LogP contribution in [-0.2, 0) is 0 Å². The molecule has 7 heteroatoms. The van der Waals surface area contributed by atoms with Crippen LogP contribution in [0.25, 0.3) is 0 Å². The Balaban J connectivity index is -0.0000000757. The number of rotatable bonds is 4. The van der Waals surface area contributed by atoms with Gasteiger partial charge in [-0.05, 0) is 34.1 Å². The molecule has 0 spiro atoms. The van der Waals surface area contributed by atoms with Crippen LogP contribution in [0.2, 0.25) is 0 Å². The first-order chi connectivity index (χ1) is 7.15. The Labute approximate surface area is 97.8 Å². The maximum Gasteiger partial charge on any atom is 1.00 e. The zero-order valence-corrected chi connectivity index (χ0v) is 10.6. The molecule has 0 heterocycles. The van der Waals surface area contributed by atoms with E-state index < -0.39 is 7.25 Å². The molecule has 16 heavy (non-hydrogen) atoms. The van der Waals surface area contributed by atoms with E-state index in [-0.39, 0.29) is 1.43 Å². The third-order valence-electron chi connectivity index (χ3n) is 1.06. The van der Waals surface area contributed by atoms with E-state index in [2.05, 4.69) is 6.92 Å². The van der Waals surface area contributed by atoms with Gasteiger partial charge in [-0.15, -0.1) is 0 Å². The molecule has 0 rings (SSSR count). The molecule has 0 bridgehead atoms. The third kappa shape index (κ3) is 161. The molecule has 0 aromatic heterocycles.